The first-order valence-electron chi connectivity index (χ1n) is 5.59. The number of nitriles is 1. The summed E-state index contributed by atoms with van der Waals surface area (Å²) in [6.45, 7) is 0. The molecule has 0 aliphatic carbocycles. The summed E-state index contributed by atoms with van der Waals surface area (Å²) in [5.41, 5.74) is 0.637. The van der Waals surface area contributed by atoms with Crippen LogP contribution in [0.4, 0.5) is 0 Å². The Morgan fingerprint density at radius 1 is 1.40 bits per heavy atom. The first kappa shape index (κ1) is 15.2. The normalized spacial score (nSPS) is 11.7. The molecule has 0 spiro atoms. The molecule has 6 heteroatoms. The van der Waals surface area contributed by atoms with Crippen LogP contribution in [0.15, 0.2) is 38.6 Å². The minimum absolute atomic E-state index is 0.211. The Hall–Kier alpha value is -1.16. The van der Waals surface area contributed by atoms with Crippen molar-refractivity contribution < 1.29 is 9.53 Å². The van der Waals surface area contributed by atoms with Crippen molar-refractivity contribution in [2.45, 2.75) is 5.92 Å². The highest BCUT2D eigenvalue weighted by Gasteiger charge is 2.24. The van der Waals surface area contributed by atoms with Crippen molar-refractivity contribution >= 4 is 49.0 Å². The number of Topliss-reactive ketones (excluding diaryl/α,β-unsaturated/α-hetero) is 1. The van der Waals surface area contributed by atoms with Gasteiger partial charge in [0.05, 0.1) is 21.8 Å². The first-order chi connectivity index (χ1) is 9.56. The van der Waals surface area contributed by atoms with Crippen LogP contribution >= 0.6 is 43.2 Å². The van der Waals surface area contributed by atoms with Crippen molar-refractivity contribution in [3.05, 3.63) is 49.0 Å². The lowest BCUT2D eigenvalue weighted by Gasteiger charge is -2.08. The number of hydrogen-bond acceptors (Lipinski definition) is 4. The van der Waals surface area contributed by atoms with E-state index in [-0.39, 0.29) is 5.78 Å². The molecule has 0 aliphatic heterocycles. The van der Waals surface area contributed by atoms with Gasteiger partial charge in [0.2, 0.25) is 0 Å². The summed E-state index contributed by atoms with van der Waals surface area (Å²) in [7, 11) is 1.55. The third-order valence-electron chi connectivity index (χ3n) is 2.71. The van der Waals surface area contributed by atoms with Gasteiger partial charge < -0.3 is 4.74 Å². The van der Waals surface area contributed by atoms with Gasteiger partial charge in [-0.2, -0.15) is 5.26 Å². The lowest BCUT2D eigenvalue weighted by Crippen LogP contribution is -2.09. The molecule has 1 heterocycles. The minimum atomic E-state index is -0.831. The third kappa shape index (κ3) is 3.11. The maximum absolute atomic E-state index is 12.4. The SMILES string of the molecule is COc1cccc(C(C#N)C(=O)c2cc(Br)c(Br)s2)c1. The van der Waals surface area contributed by atoms with E-state index in [0.29, 0.717) is 16.2 Å². The van der Waals surface area contributed by atoms with Gasteiger partial charge >= 0.3 is 0 Å². The van der Waals surface area contributed by atoms with Gasteiger partial charge in [0, 0.05) is 4.47 Å². The molecule has 0 bridgehead atoms. The topological polar surface area (TPSA) is 50.1 Å². The van der Waals surface area contributed by atoms with Gasteiger partial charge in [-0.1, -0.05) is 12.1 Å². The van der Waals surface area contributed by atoms with Gasteiger partial charge in [-0.15, -0.1) is 11.3 Å². The van der Waals surface area contributed by atoms with E-state index in [0.717, 1.165) is 8.26 Å². The molecule has 1 aromatic heterocycles. The molecule has 0 saturated carbocycles. The molecule has 1 unspecified atom stereocenters. The van der Waals surface area contributed by atoms with Crippen LogP contribution in [-0.4, -0.2) is 12.9 Å². The van der Waals surface area contributed by atoms with Gasteiger partial charge in [0.25, 0.3) is 0 Å². The van der Waals surface area contributed by atoms with Crippen LogP contribution in [-0.2, 0) is 0 Å². The second-order valence-corrected chi connectivity index (χ2v) is 7.16. The fourth-order valence-electron chi connectivity index (χ4n) is 1.72. The second-order valence-electron chi connectivity index (χ2n) is 3.94. The van der Waals surface area contributed by atoms with Crippen LogP contribution < -0.4 is 4.74 Å². The molecule has 1 atom stereocenters. The van der Waals surface area contributed by atoms with E-state index in [9.17, 15) is 10.1 Å². The summed E-state index contributed by atoms with van der Waals surface area (Å²) in [5, 5.41) is 9.32. The zero-order valence-corrected chi connectivity index (χ0v) is 14.4. The summed E-state index contributed by atoms with van der Waals surface area (Å²) in [6.07, 6.45) is 0. The number of ether oxygens (including phenoxy) is 1. The van der Waals surface area contributed by atoms with Crippen molar-refractivity contribution in [3.63, 3.8) is 0 Å². The average Bonchev–Trinajstić information content (AvgIpc) is 2.79. The lowest BCUT2D eigenvalue weighted by atomic mass is 9.95. The number of methoxy groups -OCH3 is 1. The number of carbonyl (C=O) groups is 1. The Labute approximate surface area is 137 Å². The van der Waals surface area contributed by atoms with Gasteiger partial charge in [0.15, 0.2) is 5.78 Å². The Morgan fingerprint density at radius 3 is 2.70 bits per heavy atom. The second kappa shape index (κ2) is 6.53. The van der Waals surface area contributed by atoms with Gasteiger partial charge in [-0.3, -0.25) is 4.79 Å². The molecule has 0 saturated heterocycles. The highest BCUT2D eigenvalue weighted by molar-refractivity contribution is 9.13. The minimum Gasteiger partial charge on any atom is -0.497 e. The van der Waals surface area contributed by atoms with E-state index < -0.39 is 5.92 Å². The van der Waals surface area contributed by atoms with E-state index in [1.807, 2.05) is 0 Å². The van der Waals surface area contributed by atoms with E-state index in [2.05, 4.69) is 37.9 Å². The van der Waals surface area contributed by atoms with E-state index >= 15 is 0 Å². The zero-order chi connectivity index (χ0) is 14.7. The fourth-order valence-corrected chi connectivity index (χ4v) is 3.72. The lowest BCUT2D eigenvalue weighted by molar-refractivity contribution is 0.0982. The fraction of sp³-hybridized carbons (Fsp3) is 0.143. The van der Waals surface area contributed by atoms with Crippen molar-refractivity contribution in [1.29, 1.82) is 5.26 Å². The van der Waals surface area contributed by atoms with Crippen molar-refractivity contribution in [2.75, 3.05) is 7.11 Å². The van der Waals surface area contributed by atoms with Crippen LogP contribution in [0.5, 0.6) is 5.75 Å². The van der Waals surface area contributed by atoms with Crippen LogP contribution in [0.25, 0.3) is 0 Å². The number of benzene rings is 1. The third-order valence-corrected chi connectivity index (χ3v) is 5.98. The standard InChI is InChI=1S/C14H9Br2NO2S/c1-19-9-4-2-3-8(5-9)10(7-17)13(18)12-6-11(15)14(16)20-12/h2-6,10H,1H3. The Kier molecular flexibility index (Phi) is 4.97. The number of hydrogen-bond donors (Lipinski definition) is 0. The highest BCUT2D eigenvalue weighted by Crippen LogP contribution is 2.35. The molecule has 0 amide bonds. The number of rotatable bonds is 4. The van der Waals surface area contributed by atoms with Crippen molar-refractivity contribution in [2.24, 2.45) is 0 Å². The summed E-state index contributed by atoms with van der Waals surface area (Å²) < 4.78 is 6.77. The van der Waals surface area contributed by atoms with Gasteiger partial charge in [-0.05, 0) is 55.6 Å². The maximum atomic E-state index is 12.4. The quantitative estimate of drug-likeness (QED) is 0.677. The summed E-state index contributed by atoms with van der Waals surface area (Å²) in [4.78, 5) is 13.0. The van der Waals surface area contributed by atoms with Crippen molar-refractivity contribution in [1.82, 2.24) is 0 Å². The van der Waals surface area contributed by atoms with E-state index in [1.54, 1.807) is 37.4 Å². The monoisotopic (exact) mass is 413 g/mol. The number of halogens is 2. The Balaban J connectivity index is 2.37. The Morgan fingerprint density at radius 2 is 2.15 bits per heavy atom. The largest absolute Gasteiger partial charge is 0.497 e. The van der Waals surface area contributed by atoms with E-state index in [4.69, 9.17) is 4.74 Å². The molecule has 102 valence electrons. The van der Waals surface area contributed by atoms with E-state index in [1.165, 1.54) is 11.3 Å². The Bertz CT molecular complexity index is 671. The molecule has 0 N–H and O–H groups in total. The molecule has 20 heavy (non-hydrogen) atoms. The van der Waals surface area contributed by atoms with Gasteiger partial charge in [-0.25, -0.2) is 0 Å². The highest BCUT2D eigenvalue weighted by atomic mass is 79.9. The number of ketones is 1. The zero-order valence-electron chi connectivity index (χ0n) is 10.4. The number of nitrogens with zero attached hydrogens (tertiary/aromatic N) is 1. The van der Waals surface area contributed by atoms with Crippen LogP contribution in [0.2, 0.25) is 0 Å². The average molecular weight is 415 g/mol. The van der Waals surface area contributed by atoms with Crippen molar-refractivity contribution in [3.8, 4) is 11.8 Å². The van der Waals surface area contributed by atoms with Crippen LogP contribution in [0, 0.1) is 11.3 Å². The molecule has 1 aromatic carbocycles. The molecule has 0 aliphatic rings. The first-order valence-corrected chi connectivity index (χ1v) is 7.99. The van der Waals surface area contributed by atoms with Crippen LogP contribution in [0.3, 0.4) is 0 Å². The molecule has 3 nitrogen and oxygen atoms in total. The summed E-state index contributed by atoms with van der Waals surface area (Å²) in [6, 6.07) is 10.8. The smallest absolute Gasteiger partial charge is 0.194 e. The number of thiophene rings is 1. The summed E-state index contributed by atoms with van der Waals surface area (Å²) >= 11 is 8.00. The predicted molar refractivity (Wildman–Crippen MR) is 85.4 cm³/mol. The van der Waals surface area contributed by atoms with Crippen LogP contribution in [0.1, 0.15) is 21.2 Å². The molecule has 2 aromatic rings. The molecule has 0 fully saturated rings. The molecule has 0 radical (unpaired) electrons. The predicted octanol–water partition coefficient (Wildman–Crippen LogP) is 4.77. The molecular formula is C14H9Br2NO2S. The maximum Gasteiger partial charge on any atom is 0.194 e. The molecule has 2 rings (SSSR count). The van der Waals surface area contributed by atoms with Gasteiger partial charge in [0.1, 0.15) is 11.7 Å². The summed E-state index contributed by atoms with van der Waals surface area (Å²) in [5.74, 6) is -0.413. The number of carbonyl (C=O) groups excluding carboxylic acids is 1. The molecular weight excluding hydrogens is 406 g/mol.